The number of esters is 1. The molecule has 0 saturated carbocycles. The molecule has 278 valence electrons. The van der Waals surface area contributed by atoms with Crippen molar-refractivity contribution in [3.63, 3.8) is 0 Å². The van der Waals surface area contributed by atoms with E-state index in [9.17, 15) is 27.6 Å². The van der Waals surface area contributed by atoms with Gasteiger partial charge in [0.05, 0.1) is 40.0 Å². The number of sulfonamides is 1. The minimum absolute atomic E-state index is 0.202. The molecule has 1 amide bonds. The first kappa shape index (κ1) is 37.1. The second-order valence-corrected chi connectivity index (χ2v) is 13.9. The smallest absolute Gasteiger partial charge is 0.335 e. The molecule has 0 aliphatic heterocycles. The molecule has 4 aromatic carbocycles. The molecular formula is C36H32F2N8O7S. The second-order valence-electron chi connectivity index (χ2n) is 12.3. The molecule has 0 bridgehead atoms. The van der Waals surface area contributed by atoms with Crippen LogP contribution in [0.1, 0.15) is 15.9 Å². The molecule has 54 heavy (non-hydrogen) atoms. The summed E-state index contributed by atoms with van der Waals surface area (Å²) in [6, 6.07) is 16.5. The van der Waals surface area contributed by atoms with Crippen LogP contribution in [0.2, 0.25) is 0 Å². The first-order valence-corrected chi connectivity index (χ1v) is 17.5. The Hall–Kier alpha value is -6.69. The lowest BCUT2D eigenvalue weighted by Crippen LogP contribution is -2.43. The van der Waals surface area contributed by atoms with E-state index in [0.717, 1.165) is 17.4 Å². The zero-order valence-electron chi connectivity index (χ0n) is 29.1. The summed E-state index contributed by atoms with van der Waals surface area (Å²) in [6.45, 7) is 0. The van der Waals surface area contributed by atoms with Gasteiger partial charge < -0.3 is 15.0 Å². The summed E-state index contributed by atoms with van der Waals surface area (Å²) in [5.41, 5.74) is -0.269. The van der Waals surface area contributed by atoms with E-state index >= 15 is 8.78 Å². The minimum Gasteiger partial charge on any atom is -0.467 e. The SMILES string of the molecule is COC(=O)[C@H](Cc1ccc(-n2c(=O)c3cc(N(C)C)ccc3n(C)c2=O)cc1)NC(=O)c1c(F)cc(NS(=O)(=O)c2ccc(-n3cncn3)cc2)cc1F. The number of rotatable bonds is 11. The van der Waals surface area contributed by atoms with Gasteiger partial charge in [0.2, 0.25) is 0 Å². The number of nitrogens with one attached hydrogen (secondary N) is 2. The van der Waals surface area contributed by atoms with Crippen LogP contribution in [0.4, 0.5) is 20.2 Å². The van der Waals surface area contributed by atoms with Crippen molar-refractivity contribution in [3.05, 3.63) is 135 Å². The second kappa shape index (κ2) is 14.7. The highest BCUT2D eigenvalue weighted by Gasteiger charge is 2.27. The summed E-state index contributed by atoms with van der Waals surface area (Å²) in [6.07, 6.45) is 2.52. The molecule has 1 atom stereocenters. The van der Waals surface area contributed by atoms with Gasteiger partial charge in [-0.3, -0.25) is 18.9 Å². The Kier molecular flexibility index (Phi) is 10.1. The molecule has 2 aromatic heterocycles. The maximum Gasteiger partial charge on any atom is 0.335 e. The number of methoxy groups -OCH3 is 1. The van der Waals surface area contributed by atoms with E-state index in [1.165, 1.54) is 70.4 Å². The fourth-order valence-electron chi connectivity index (χ4n) is 5.72. The average Bonchev–Trinajstić information content (AvgIpc) is 3.69. The summed E-state index contributed by atoms with van der Waals surface area (Å²) in [5.74, 6) is -5.04. The van der Waals surface area contributed by atoms with E-state index in [-0.39, 0.29) is 17.0 Å². The third kappa shape index (κ3) is 7.31. The number of hydrogen-bond donors (Lipinski definition) is 2. The summed E-state index contributed by atoms with van der Waals surface area (Å²) in [7, 11) is 1.96. The van der Waals surface area contributed by atoms with Crippen molar-refractivity contribution in [2.24, 2.45) is 7.05 Å². The zero-order chi connectivity index (χ0) is 38.9. The summed E-state index contributed by atoms with van der Waals surface area (Å²) in [4.78, 5) is 58.0. The predicted octanol–water partition coefficient (Wildman–Crippen LogP) is 2.93. The van der Waals surface area contributed by atoms with Crippen LogP contribution >= 0.6 is 0 Å². The van der Waals surface area contributed by atoms with Crippen LogP contribution in [-0.4, -0.2) is 71.4 Å². The monoisotopic (exact) mass is 758 g/mol. The molecule has 0 saturated heterocycles. The maximum absolute atomic E-state index is 15.2. The summed E-state index contributed by atoms with van der Waals surface area (Å²) < 4.78 is 67.0. The van der Waals surface area contributed by atoms with Crippen LogP contribution in [-0.2, 0) is 33.0 Å². The van der Waals surface area contributed by atoms with Crippen LogP contribution in [0.5, 0.6) is 0 Å². The normalized spacial score (nSPS) is 12.0. The van der Waals surface area contributed by atoms with Crippen molar-refractivity contribution in [3.8, 4) is 11.4 Å². The summed E-state index contributed by atoms with van der Waals surface area (Å²) in [5, 5.41) is 6.55. The van der Waals surface area contributed by atoms with Gasteiger partial charge in [-0.2, -0.15) is 5.10 Å². The van der Waals surface area contributed by atoms with Gasteiger partial charge >= 0.3 is 11.7 Å². The number of halogens is 2. The van der Waals surface area contributed by atoms with Crippen molar-refractivity contribution in [1.82, 2.24) is 29.2 Å². The lowest BCUT2D eigenvalue weighted by atomic mass is 10.0. The molecule has 0 aliphatic carbocycles. The first-order chi connectivity index (χ1) is 25.7. The van der Waals surface area contributed by atoms with Crippen molar-refractivity contribution in [2.75, 3.05) is 30.8 Å². The molecule has 18 heteroatoms. The van der Waals surface area contributed by atoms with E-state index < -0.39 is 62.1 Å². The molecule has 2 heterocycles. The largest absolute Gasteiger partial charge is 0.467 e. The fraction of sp³-hybridized carbons (Fsp3) is 0.167. The van der Waals surface area contributed by atoms with Gasteiger partial charge in [-0.25, -0.2) is 41.0 Å². The Labute approximate surface area is 306 Å². The van der Waals surface area contributed by atoms with E-state index in [1.54, 1.807) is 25.2 Å². The number of hydrogen-bond acceptors (Lipinski definition) is 10. The molecule has 0 radical (unpaired) electrons. The van der Waals surface area contributed by atoms with Gasteiger partial charge in [0.1, 0.15) is 35.9 Å². The Bertz CT molecular complexity index is 2600. The standard InChI is InChI=1S/C36H32F2N8O7S/c1-43(2)25-11-14-31-27(18-25)34(48)46(36(50)44(31)3)24-7-5-21(6-8-24)15-30(35(49)53-4)41-33(47)32-28(37)16-22(17-29(32)38)42-54(51,52)26-12-9-23(10-13-26)45-20-39-19-40-45/h5-14,16-20,30,42H,15H2,1-4H3,(H,41,47)/t30-/m0/s1. The highest BCUT2D eigenvalue weighted by Crippen LogP contribution is 2.24. The third-order valence-electron chi connectivity index (χ3n) is 8.55. The van der Waals surface area contributed by atoms with Gasteiger partial charge in [-0.1, -0.05) is 12.1 Å². The molecule has 0 aliphatic rings. The first-order valence-electron chi connectivity index (χ1n) is 16.1. The van der Waals surface area contributed by atoms with Crippen LogP contribution in [0.3, 0.4) is 0 Å². The Morgan fingerprint density at radius 3 is 2.17 bits per heavy atom. The Morgan fingerprint density at radius 1 is 0.926 bits per heavy atom. The number of carbonyl (C=O) groups is 2. The number of ether oxygens (including phenoxy) is 1. The molecule has 6 aromatic rings. The molecule has 2 N–H and O–H groups in total. The van der Waals surface area contributed by atoms with Crippen molar-refractivity contribution < 1.29 is 31.5 Å². The highest BCUT2D eigenvalue weighted by atomic mass is 32.2. The zero-order valence-corrected chi connectivity index (χ0v) is 30.0. The average molecular weight is 759 g/mol. The van der Waals surface area contributed by atoms with E-state index in [4.69, 9.17) is 4.74 Å². The number of fused-ring (bicyclic) bond motifs is 1. The van der Waals surface area contributed by atoms with Crippen LogP contribution < -0.4 is 26.2 Å². The Morgan fingerprint density at radius 2 is 1.57 bits per heavy atom. The molecule has 15 nitrogen and oxygen atoms in total. The molecular weight excluding hydrogens is 727 g/mol. The Balaban J connectivity index is 1.20. The predicted molar refractivity (Wildman–Crippen MR) is 195 cm³/mol. The van der Waals surface area contributed by atoms with E-state index in [1.807, 2.05) is 19.0 Å². The van der Waals surface area contributed by atoms with Crippen LogP contribution in [0, 0.1) is 11.6 Å². The van der Waals surface area contributed by atoms with E-state index in [2.05, 4.69) is 20.1 Å². The van der Waals surface area contributed by atoms with Gasteiger partial charge in [0, 0.05) is 33.3 Å². The van der Waals surface area contributed by atoms with E-state index in [0.29, 0.717) is 34.3 Å². The summed E-state index contributed by atoms with van der Waals surface area (Å²) >= 11 is 0. The number of nitrogens with zero attached hydrogens (tertiary/aromatic N) is 6. The quantitative estimate of drug-likeness (QED) is 0.187. The van der Waals surface area contributed by atoms with Crippen molar-refractivity contribution >= 4 is 44.2 Å². The highest BCUT2D eigenvalue weighted by molar-refractivity contribution is 7.92. The van der Waals surface area contributed by atoms with Gasteiger partial charge in [0.15, 0.2) is 0 Å². The number of aromatic nitrogens is 5. The molecule has 0 spiro atoms. The third-order valence-corrected chi connectivity index (χ3v) is 9.94. The number of aryl methyl sites for hydroxylation is 1. The topological polar surface area (TPSA) is 180 Å². The minimum atomic E-state index is -4.31. The lowest BCUT2D eigenvalue weighted by Gasteiger charge is -2.18. The molecule has 0 unspecified atom stereocenters. The molecule has 0 fully saturated rings. The van der Waals surface area contributed by atoms with Gasteiger partial charge in [-0.15, -0.1) is 0 Å². The van der Waals surface area contributed by atoms with Crippen LogP contribution in [0.15, 0.2) is 106 Å². The number of carbonyl (C=O) groups excluding carboxylic acids is 2. The maximum atomic E-state index is 15.2. The van der Waals surface area contributed by atoms with Crippen molar-refractivity contribution in [1.29, 1.82) is 0 Å². The van der Waals surface area contributed by atoms with Crippen LogP contribution in [0.25, 0.3) is 22.3 Å². The van der Waals surface area contributed by atoms with Gasteiger partial charge in [-0.05, 0) is 72.3 Å². The lowest BCUT2D eigenvalue weighted by molar-refractivity contribution is -0.142. The molecule has 6 rings (SSSR count). The van der Waals surface area contributed by atoms with Gasteiger partial charge in [0.25, 0.3) is 21.5 Å². The van der Waals surface area contributed by atoms with Crippen molar-refractivity contribution in [2.45, 2.75) is 17.4 Å². The number of benzene rings is 4. The number of amides is 1. The fourth-order valence-corrected chi connectivity index (χ4v) is 6.76. The number of anilines is 2.